The summed E-state index contributed by atoms with van der Waals surface area (Å²) < 4.78 is 44.8. The standard InChI is InChI=1S/C19H27FN4O.2C15H20ClN3O.C15H20ClN3.C15H20FN3/c1-23(9-8-21)13-17-14-24(12-15-6-10-25-11-7-15)22-19(17)16-2-4-18(20)5-3-16;1-4-7-19(2)10-12-9-17-18-15(12)11-5-6-14(20-3)13(16)8-11;1-4-5-19(2)10-12-9-17-18-15(12)11-6-13(16)8-14(7-11)20-3;1-4-7-19(3)10-13-9-17-18-15(13)12-6-5-11(2)14(16)8-12;1-4-8-19(3)10-12-9-17-18-15(12)13-6-5-7-14(16)11(13)2/h2-5,14-15H,6-13,21H2,1H3;5-6,8-9H,4,7,10H2,1-3H3,(H,17,18);6-9H,4-5,10H2,1-3H3,(H,17,18);5-6,8-9H,4,7,10H2,1-3H3,(H,17,18);5-7,9H,4,8,10H2,1-3H3,(H,17,18). The minimum atomic E-state index is -0.229. The lowest BCUT2D eigenvalue weighted by Gasteiger charge is -2.21. The average molecular weight is 1470 g/mol. The fourth-order valence-electron chi connectivity index (χ4n) is 12.3. The first kappa shape index (κ1) is 82.5. The van der Waals surface area contributed by atoms with E-state index in [9.17, 15) is 8.78 Å². The number of likely N-dealkylation sites (N-methyl/N-ethyl adjacent to an activating group) is 1. The molecule has 0 bridgehead atoms. The molecule has 1 aliphatic heterocycles. The van der Waals surface area contributed by atoms with Gasteiger partial charge in [0, 0.05) is 137 Å². The van der Waals surface area contributed by atoms with E-state index in [1.54, 1.807) is 45.4 Å². The summed E-state index contributed by atoms with van der Waals surface area (Å²) in [5.74, 6) is 1.62. The molecule has 0 unspecified atom stereocenters. The molecule has 5 aromatic carbocycles. The lowest BCUT2D eigenvalue weighted by atomic mass is 10.0. The number of halogens is 5. The number of rotatable bonds is 29. The summed E-state index contributed by atoms with van der Waals surface area (Å²) in [7, 11) is 13.7. The second-order valence-electron chi connectivity index (χ2n) is 26.5. The summed E-state index contributed by atoms with van der Waals surface area (Å²) in [6.45, 7) is 25.0. The number of hydrogen-bond donors (Lipinski definition) is 5. The van der Waals surface area contributed by atoms with Gasteiger partial charge < -0.3 is 44.4 Å². The number of nitrogens with zero attached hydrogens (tertiary/aromatic N) is 11. The molecular formula is C79H107Cl3F2N16O3. The van der Waals surface area contributed by atoms with Crippen molar-refractivity contribution in [3.8, 4) is 67.8 Å². The highest BCUT2D eigenvalue weighted by atomic mass is 35.5. The maximum atomic E-state index is 13.6. The van der Waals surface area contributed by atoms with Crippen LogP contribution in [0, 0.1) is 31.4 Å². The highest BCUT2D eigenvalue weighted by Gasteiger charge is 2.21. The Hall–Kier alpha value is -7.80. The molecule has 11 rings (SSSR count). The van der Waals surface area contributed by atoms with Crippen LogP contribution in [0.2, 0.25) is 15.1 Å². The number of benzene rings is 5. The second-order valence-corrected chi connectivity index (χ2v) is 27.7. The van der Waals surface area contributed by atoms with Crippen molar-refractivity contribution < 1.29 is 23.0 Å². The summed E-state index contributed by atoms with van der Waals surface area (Å²) in [5.41, 5.74) is 23.0. The van der Waals surface area contributed by atoms with E-state index in [4.69, 9.17) is 59.8 Å². The van der Waals surface area contributed by atoms with Crippen LogP contribution in [0.1, 0.15) is 105 Å². The molecule has 0 radical (unpaired) electrons. The van der Waals surface area contributed by atoms with Crippen LogP contribution in [0.4, 0.5) is 8.78 Å². The Morgan fingerprint density at radius 2 is 1.00 bits per heavy atom. The highest BCUT2D eigenvalue weighted by Crippen LogP contribution is 2.34. The van der Waals surface area contributed by atoms with E-state index < -0.39 is 0 Å². The van der Waals surface area contributed by atoms with Crippen molar-refractivity contribution in [1.29, 1.82) is 0 Å². The SMILES string of the molecule is CCCN(C)Cc1cn[nH]c1-c1cc(Cl)cc(OC)c1.CCCN(C)Cc1cn[nH]c1-c1ccc(C)c(Cl)c1.CCCN(C)Cc1cn[nH]c1-c1ccc(OC)c(Cl)c1.CCCN(C)Cc1cn[nH]c1-c1cccc(F)c1C.CN(CCN)Cc1cn(CC2CCOCC2)nc1-c1ccc(F)cc1. The Labute approximate surface area is 623 Å². The molecule has 0 amide bonds. The maximum Gasteiger partial charge on any atom is 0.137 e. The van der Waals surface area contributed by atoms with Crippen molar-refractivity contribution in [3.05, 3.63) is 194 Å². The van der Waals surface area contributed by atoms with Crippen LogP contribution in [0.5, 0.6) is 11.5 Å². The van der Waals surface area contributed by atoms with Crippen molar-refractivity contribution in [2.75, 3.05) is 102 Å². The van der Waals surface area contributed by atoms with Gasteiger partial charge in [0.1, 0.15) is 23.1 Å². The van der Waals surface area contributed by atoms with Crippen LogP contribution < -0.4 is 15.2 Å². The van der Waals surface area contributed by atoms with Gasteiger partial charge in [0.15, 0.2) is 0 Å². The molecule has 5 aromatic heterocycles. The number of aromatic amines is 4. The molecule has 10 aromatic rings. The predicted octanol–water partition coefficient (Wildman–Crippen LogP) is 16.9. The molecule has 103 heavy (non-hydrogen) atoms. The van der Waals surface area contributed by atoms with Gasteiger partial charge in [-0.05, 0) is 204 Å². The third kappa shape index (κ3) is 25.5. The zero-order valence-corrected chi connectivity index (χ0v) is 64.7. The minimum absolute atomic E-state index is 0.181. The van der Waals surface area contributed by atoms with Crippen LogP contribution in [-0.2, 0) is 44.0 Å². The first-order valence-corrected chi connectivity index (χ1v) is 36.7. The quantitative estimate of drug-likeness (QED) is 0.0296. The van der Waals surface area contributed by atoms with Gasteiger partial charge in [0.25, 0.3) is 0 Å². The number of nitrogens with two attached hydrogens (primary N) is 1. The number of aryl methyl sites for hydroxylation is 1. The molecule has 0 atom stereocenters. The fraction of sp³-hybridized carbons (Fsp3) is 0.430. The summed E-state index contributed by atoms with van der Waals surface area (Å²) in [6.07, 6.45) is 16.3. The molecule has 0 saturated carbocycles. The molecule has 1 fully saturated rings. The third-order valence-corrected chi connectivity index (χ3v) is 18.5. The van der Waals surface area contributed by atoms with Gasteiger partial charge in [-0.15, -0.1) is 0 Å². The van der Waals surface area contributed by atoms with E-state index in [1.165, 1.54) is 29.3 Å². The van der Waals surface area contributed by atoms with Gasteiger partial charge in [0.05, 0.1) is 72.5 Å². The van der Waals surface area contributed by atoms with Gasteiger partial charge in [-0.1, -0.05) is 86.8 Å². The summed E-state index contributed by atoms with van der Waals surface area (Å²) in [5, 5.41) is 35.7. The molecule has 1 aliphatic rings. The van der Waals surface area contributed by atoms with Gasteiger partial charge in [-0.3, -0.25) is 25.1 Å². The van der Waals surface area contributed by atoms with Crippen molar-refractivity contribution >= 4 is 34.8 Å². The number of aromatic nitrogens is 10. The molecule has 19 nitrogen and oxygen atoms in total. The predicted molar refractivity (Wildman–Crippen MR) is 417 cm³/mol. The number of methoxy groups -OCH3 is 2. The molecule has 556 valence electrons. The summed E-state index contributed by atoms with van der Waals surface area (Å²) in [4.78, 5) is 11.3. The van der Waals surface area contributed by atoms with Crippen LogP contribution in [0.25, 0.3) is 56.3 Å². The largest absolute Gasteiger partial charge is 0.497 e. The fourth-order valence-corrected chi connectivity index (χ4v) is 13.0. The molecule has 24 heteroatoms. The zero-order valence-electron chi connectivity index (χ0n) is 62.5. The van der Waals surface area contributed by atoms with E-state index in [-0.39, 0.29) is 11.6 Å². The first-order valence-electron chi connectivity index (χ1n) is 35.5. The molecular weight excluding hydrogens is 1370 g/mol. The van der Waals surface area contributed by atoms with Crippen LogP contribution in [0.3, 0.4) is 0 Å². The third-order valence-electron chi connectivity index (χ3n) is 17.6. The number of hydrogen-bond acceptors (Lipinski definition) is 14. The number of ether oxygens (including phenoxy) is 3. The Bertz CT molecular complexity index is 4110. The van der Waals surface area contributed by atoms with E-state index in [0.717, 1.165) is 213 Å². The lowest BCUT2D eigenvalue weighted by Crippen LogP contribution is -2.25. The van der Waals surface area contributed by atoms with Gasteiger partial charge in [-0.2, -0.15) is 25.5 Å². The van der Waals surface area contributed by atoms with E-state index in [1.807, 2.05) is 84.9 Å². The van der Waals surface area contributed by atoms with Crippen molar-refractivity contribution in [2.45, 2.75) is 119 Å². The Balaban J connectivity index is 0.000000181. The summed E-state index contributed by atoms with van der Waals surface area (Å²) in [6, 6.07) is 29.3. The van der Waals surface area contributed by atoms with Crippen LogP contribution in [-0.4, -0.2) is 177 Å². The number of nitrogens with one attached hydrogen (secondary N) is 4. The zero-order chi connectivity index (χ0) is 74.4. The smallest absolute Gasteiger partial charge is 0.137 e. The first-order chi connectivity index (χ1) is 49.7. The van der Waals surface area contributed by atoms with E-state index >= 15 is 0 Å². The van der Waals surface area contributed by atoms with Gasteiger partial charge >= 0.3 is 0 Å². The highest BCUT2D eigenvalue weighted by molar-refractivity contribution is 6.32. The van der Waals surface area contributed by atoms with Crippen molar-refractivity contribution in [2.24, 2.45) is 11.7 Å². The molecule has 6 N–H and O–H groups in total. The molecule has 0 spiro atoms. The lowest BCUT2D eigenvalue weighted by molar-refractivity contribution is 0.0601. The topological polar surface area (TPSA) is 202 Å². The molecule has 1 saturated heterocycles. The Kier molecular flexibility index (Phi) is 34.3. The molecule has 6 heterocycles. The van der Waals surface area contributed by atoms with E-state index in [2.05, 4.69) is 140 Å². The van der Waals surface area contributed by atoms with E-state index in [0.29, 0.717) is 33.8 Å². The number of H-pyrrole nitrogens is 4. The summed E-state index contributed by atoms with van der Waals surface area (Å²) >= 11 is 18.5. The van der Waals surface area contributed by atoms with Crippen LogP contribution >= 0.6 is 34.8 Å². The molecule has 0 aliphatic carbocycles. The van der Waals surface area contributed by atoms with Gasteiger partial charge in [0.2, 0.25) is 0 Å². The Morgan fingerprint density at radius 1 is 0.534 bits per heavy atom. The van der Waals surface area contributed by atoms with Crippen molar-refractivity contribution in [3.63, 3.8) is 0 Å². The van der Waals surface area contributed by atoms with Crippen molar-refractivity contribution in [1.82, 2.24) is 75.1 Å². The van der Waals surface area contributed by atoms with Gasteiger partial charge in [-0.25, -0.2) is 8.78 Å². The van der Waals surface area contributed by atoms with Crippen LogP contribution in [0.15, 0.2) is 128 Å². The second kappa shape index (κ2) is 42.8. The normalized spacial score (nSPS) is 12.3. The average Bonchev–Trinajstić information content (AvgIpc) is 1.79. The monoisotopic (exact) mass is 1470 g/mol. The maximum absolute atomic E-state index is 13.6. The minimum Gasteiger partial charge on any atom is -0.497 e. The Morgan fingerprint density at radius 3 is 1.49 bits per heavy atom.